The Morgan fingerprint density at radius 2 is 1.84 bits per heavy atom. The largest absolute Gasteiger partial charge is 0.371 e. The third-order valence-corrected chi connectivity index (χ3v) is 4.85. The van der Waals surface area contributed by atoms with E-state index in [-0.39, 0.29) is 30.4 Å². The number of ether oxygens (including phenoxy) is 2. The Balaban J connectivity index is 1.62. The molecule has 5 heteroatoms. The fourth-order valence-corrected chi connectivity index (χ4v) is 3.74. The number of urea groups is 1. The quantitative estimate of drug-likeness (QED) is 0.910. The lowest BCUT2D eigenvalue weighted by Gasteiger charge is -2.27. The molecule has 2 aliphatic rings. The van der Waals surface area contributed by atoms with Crippen LogP contribution < -0.4 is 5.32 Å². The smallest absolute Gasteiger partial charge is 0.320 e. The number of benzene rings is 2. The van der Waals surface area contributed by atoms with E-state index in [1.54, 1.807) is 0 Å². The summed E-state index contributed by atoms with van der Waals surface area (Å²) in [5, 5.41) is 3.08. The zero-order valence-corrected chi connectivity index (χ0v) is 14.2. The van der Waals surface area contributed by atoms with Gasteiger partial charge in [0.15, 0.2) is 6.23 Å². The summed E-state index contributed by atoms with van der Waals surface area (Å²) in [6, 6.07) is 19.6. The molecule has 2 aliphatic heterocycles. The van der Waals surface area contributed by atoms with Crippen molar-refractivity contribution in [3.05, 3.63) is 71.8 Å². The molecule has 4 rings (SSSR count). The Morgan fingerprint density at radius 3 is 2.52 bits per heavy atom. The van der Waals surface area contributed by atoms with Gasteiger partial charge < -0.3 is 14.8 Å². The maximum Gasteiger partial charge on any atom is 0.320 e. The van der Waals surface area contributed by atoms with Crippen molar-refractivity contribution >= 4 is 6.03 Å². The minimum atomic E-state index is -0.325. The van der Waals surface area contributed by atoms with Crippen molar-refractivity contribution in [2.24, 2.45) is 0 Å². The van der Waals surface area contributed by atoms with Gasteiger partial charge in [-0.3, -0.25) is 4.90 Å². The summed E-state index contributed by atoms with van der Waals surface area (Å²) in [5.41, 5.74) is 2.14. The molecule has 0 saturated carbocycles. The molecule has 2 heterocycles. The fraction of sp³-hybridized carbons (Fsp3) is 0.350. The van der Waals surface area contributed by atoms with E-state index in [1.807, 2.05) is 72.5 Å². The Bertz CT molecular complexity index is 722. The first-order valence-electron chi connectivity index (χ1n) is 8.71. The average Bonchev–Trinajstić information content (AvgIpc) is 3.23. The summed E-state index contributed by atoms with van der Waals surface area (Å²) < 4.78 is 12.0. The number of carbonyl (C=O) groups is 1. The maximum absolute atomic E-state index is 12.7. The van der Waals surface area contributed by atoms with E-state index >= 15 is 0 Å². The molecule has 2 aromatic rings. The van der Waals surface area contributed by atoms with Gasteiger partial charge in [0.2, 0.25) is 0 Å². The Kier molecular flexibility index (Phi) is 4.42. The molecule has 0 bridgehead atoms. The molecule has 130 valence electrons. The second kappa shape index (κ2) is 6.86. The summed E-state index contributed by atoms with van der Waals surface area (Å²) in [4.78, 5) is 14.5. The molecular weight excluding hydrogens is 316 g/mol. The molecule has 0 unspecified atom stereocenters. The number of hydrogen-bond donors (Lipinski definition) is 1. The van der Waals surface area contributed by atoms with Gasteiger partial charge >= 0.3 is 6.03 Å². The first kappa shape index (κ1) is 16.1. The highest BCUT2D eigenvalue weighted by atomic mass is 16.5. The van der Waals surface area contributed by atoms with E-state index in [4.69, 9.17) is 9.47 Å². The molecule has 2 saturated heterocycles. The van der Waals surface area contributed by atoms with Crippen LogP contribution in [0.4, 0.5) is 4.79 Å². The first-order chi connectivity index (χ1) is 12.3. The Morgan fingerprint density at radius 1 is 1.16 bits per heavy atom. The minimum Gasteiger partial charge on any atom is -0.371 e. The topological polar surface area (TPSA) is 50.8 Å². The van der Waals surface area contributed by atoms with Crippen LogP contribution in [0.15, 0.2) is 60.7 Å². The molecule has 25 heavy (non-hydrogen) atoms. The fourth-order valence-electron chi connectivity index (χ4n) is 3.74. The van der Waals surface area contributed by atoms with Crippen LogP contribution in [0, 0.1) is 0 Å². The van der Waals surface area contributed by atoms with Crippen LogP contribution in [0.25, 0.3) is 0 Å². The zero-order valence-electron chi connectivity index (χ0n) is 14.2. The SMILES string of the molecule is CCO[C@@H](c1ccccc1)[C@@H]1NC(=O)N2[C@@H](c3ccccc3)CO[C@@H]12. The van der Waals surface area contributed by atoms with Gasteiger partial charge in [0, 0.05) is 6.61 Å². The van der Waals surface area contributed by atoms with E-state index in [2.05, 4.69) is 5.32 Å². The van der Waals surface area contributed by atoms with Gasteiger partial charge in [0.1, 0.15) is 12.1 Å². The van der Waals surface area contributed by atoms with E-state index in [1.165, 1.54) is 0 Å². The van der Waals surface area contributed by atoms with Crippen LogP contribution in [0.5, 0.6) is 0 Å². The van der Waals surface area contributed by atoms with E-state index in [0.29, 0.717) is 13.2 Å². The first-order valence-corrected chi connectivity index (χ1v) is 8.71. The van der Waals surface area contributed by atoms with Gasteiger partial charge in [-0.15, -0.1) is 0 Å². The normalized spacial score (nSPS) is 26.4. The van der Waals surface area contributed by atoms with Crippen LogP contribution in [0.2, 0.25) is 0 Å². The Hall–Kier alpha value is -2.37. The van der Waals surface area contributed by atoms with Gasteiger partial charge in [-0.25, -0.2) is 4.79 Å². The lowest BCUT2D eigenvalue weighted by Crippen LogP contribution is -2.40. The van der Waals surface area contributed by atoms with E-state index in [9.17, 15) is 4.79 Å². The molecule has 0 aromatic heterocycles. The molecule has 0 spiro atoms. The average molecular weight is 338 g/mol. The number of nitrogens with one attached hydrogen (secondary N) is 1. The van der Waals surface area contributed by atoms with Crippen molar-refractivity contribution in [2.75, 3.05) is 13.2 Å². The van der Waals surface area contributed by atoms with Crippen LogP contribution in [0.3, 0.4) is 0 Å². The van der Waals surface area contributed by atoms with Gasteiger partial charge in [-0.2, -0.15) is 0 Å². The second-order valence-electron chi connectivity index (χ2n) is 6.32. The maximum atomic E-state index is 12.7. The highest BCUT2D eigenvalue weighted by Crippen LogP contribution is 2.39. The lowest BCUT2D eigenvalue weighted by atomic mass is 10.0. The molecule has 1 N–H and O–H groups in total. The molecule has 0 radical (unpaired) electrons. The Labute approximate surface area is 147 Å². The number of rotatable bonds is 5. The van der Waals surface area contributed by atoms with Crippen LogP contribution >= 0.6 is 0 Å². The third kappa shape index (κ3) is 2.90. The van der Waals surface area contributed by atoms with Crippen molar-refractivity contribution in [2.45, 2.75) is 31.3 Å². The van der Waals surface area contributed by atoms with Crippen molar-refractivity contribution in [1.82, 2.24) is 10.2 Å². The number of fused-ring (bicyclic) bond motifs is 1. The van der Waals surface area contributed by atoms with Gasteiger partial charge in [0.25, 0.3) is 0 Å². The van der Waals surface area contributed by atoms with Gasteiger partial charge in [0.05, 0.1) is 12.6 Å². The number of carbonyl (C=O) groups excluding carboxylic acids is 1. The van der Waals surface area contributed by atoms with Crippen molar-refractivity contribution in [3.8, 4) is 0 Å². The summed E-state index contributed by atoms with van der Waals surface area (Å²) in [6.07, 6.45) is -0.561. The molecule has 5 nitrogen and oxygen atoms in total. The number of nitrogens with zero attached hydrogens (tertiary/aromatic N) is 1. The molecule has 2 amide bonds. The highest BCUT2D eigenvalue weighted by molar-refractivity contribution is 5.78. The molecule has 2 aromatic carbocycles. The summed E-state index contributed by atoms with van der Waals surface area (Å²) in [5.74, 6) is 0. The van der Waals surface area contributed by atoms with Crippen molar-refractivity contribution in [1.29, 1.82) is 0 Å². The van der Waals surface area contributed by atoms with Crippen LogP contribution in [-0.4, -0.2) is 36.4 Å². The van der Waals surface area contributed by atoms with Gasteiger partial charge in [-0.05, 0) is 18.1 Å². The third-order valence-electron chi connectivity index (χ3n) is 4.85. The molecule has 4 atom stereocenters. The zero-order chi connectivity index (χ0) is 17.2. The summed E-state index contributed by atoms with van der Waals surface area (Å²) in [6.45, 7) is 3.04. The predicted molar refractivity (Wildman–Crippen MR) is 93.9 cm³/mol. The molecule has 2 fully saturated rings. The highest BCUT2D eigenvalue weighted by Gasteiger charge is 2.52. The van der Waals surface area contributed by atoms with Crippen LogP contribution in [0.1, 0.15) is 30.2 Å². The standard InChI is InChI=1S/C20H22N2O3/c1-2-24-18(15-11-7-4-8-12-15)17-19-22(20(23)21-17)16(13-25-19)14-9-5-3-6-10-14/h3-12,16-19H,2,13H2,1H3,(H,21,23)/t16-,17+,18+,19+/m1/s1. The summed E-state index contributed by atoms with van der Waals surface area (Å²) >= 11 is 0. The van der Waals surface area contributed by atoms with E-state index < -0.39 is 0 Å². The van der Waals surface area contributed by atoms with Gasteiger partial charge in [-0.1, -0.05) is 60.7 Å². The second-order valence-corrected chi connectivity index (χ2v) is 6.32. The molecular formula is C20H22N2O3. The minimum absolute atomic E-state index is 0.0609. The molecule has 0 aliphatic carbocycles. The van der Waals surface area contributed by atoms with Crippen molar-refractivity contribution in [3.63, 3.8) is 0 Å². The lowest BCUT2D eigenvalue weighted by molar-refractivity contribution is -0.0276. The number of amides is 2. The van der Waals surface area contributed by atoms with Crippen molar-refractivity contribution < 1.29 is 14.3 Å². The van der Waals surface area contributed by atoms with E-state index in [0.717, 1.165) is 11.1 Å². The van der Waals surface area contributed by atoms with Crippen LogP contribution in [-0.2, 0) is 9.47 Å². The summed E-state index contributed by atoms with van der Waals surface area (Å²) in [7, 11) is 0. The number of hydrogen-bond acceptors (Lipinski definition) is 3. The monoisotopic (exact) mass is 338 g/mol. The predicted octanol–water partition coefficient (Wildman–Crippen LogP) is 3.26.